The molecular weight excluding hydrogens is 310 g/mol. The highest BCUT2D eigenvalue weighted by Crippen LogP contribution is 2.37. The Morgan fingerprint density at radius 2 is 2.00 bits per heavy atom. The minimum absolute atomic E-state index is 0.135. The van der Waals surface area contributed by atoms with Crippen LogP contribution >= 0.6 is 0 Å². The number of allylic oxidation sites excluding steroid dienone is 2. The predicted octanol–water partition coefficient (Wildman–Crippen LogP) is 1.11. The molecule has 3 aliphatic heterocycles. The molecule has 3 aliphatic rings. The molecule has 1 aromatic carbocycles. The highest BCUT2D eigenvalue weighted by molar-refractivity contribution is 5.96. The number of nitrogens with zero attached hydrogens (tertiary/aromatic N) is 2. The molecule has 24 heavy (non-hydrogen) atoms. The smallest absolute Gasteiger partial charge is 0.415 e. The maximum atomic E-state index is 12.0. The summed E-state index contributed by atoms with van der Waals surface area (Å²) in [6.07, 6.45) is 2.39. The quantitative estimate of drug-likeness (QED) is 0.878. The fourth-order valence-corrected chi connectivity index (χ4v) is 3.47. The van der Waals surface area contributed by atoms with Crippen LogP contribution in [0.4, 0.5) is 16.2 Å². The van der Waals surface area contributed by atoms with Gasteiger partial charge in [0, 0.05) is 36.1 Å². The molecule has 1 saturated heterocycles. The highest BCUT2D eigenvalue weighted by Gasteiger charge is 2.36. The van der Waals surface area contributed by atoms with Gasteiger partial charge < -0.3 is 15.4 Å². The Balaban J connectivity index is 1.64. The summed E-state index contributed by atoms with van der Waals surface area (Å²) < 4.78 is 4.99. The Morgan fingerprint density at radius 3 is 2.75 bits per heavy atom. The molecule has 1 aromatic rings. The van der Waals surface area contributed by atoms with Crippen LogP contribution < -0.4 is 15.5 Å². The van der Waals surface area contributed by atoms with Gasteiger partial charge in [-0.05, 0) is 36.6 Å². The highest BCUT2D eigenvalue weighted by atomic mass is 16.6. The Hall–Kier alpha value is -2.83. The van der Waals surface area contributed by atoms with E-state index in [0.717, 1.165) is 29.8 Å². The molecule has 2 N–H and O–H groups in total. The van der Waals surface area contributed by atoms with Crippen LogP contribution in [0, 0.1) is 0 Å². The molecule has 3 heterocycles. The second kappa shape index (κ2) is 5.36. The second-order valence-corrected chi connectivity index (χ2v) is 6.20. The first-order valence-corrected chi connectivity index (χ1v) is 7.94. The lowest BCUT2D eigenvalue weighted by molar-refractivity contribution is -0.124. The number of ether oxygens (including phenoxy) is 1. The molecule has 4 rings (SSSR count). The van der Waals surface area contributed by atoms with Crippen LogP contribution in [0.5, 0.6) is 0 Å². The fraction of sp³-hybridized carbons (Fsp3) is 0.353. The van der Waals surface area contributed by atoms with Crippen LogP contribution in [0.15, 0.2) is 30.0 Å². The fourth-order valence-electron chi connectivity index (χ4n) is 3.47. The molecule has 0 saturated carbocycles. The number of hydrogen-bond acceptors (Lipinski definition) is 5. The zero-order valence-electron chi connectivity index (χ0n) is 13.0. The number of ketones is 1. The monoisotopic (exact) mass is 327 g/mol. The predicted molar refractivity (Wildman–Crippen MR) is 86.6 cm³/mol. The summed E-state index contributed by atoms with van der Waals surface area (Å²) in [5.41, 5.74) is 9.16. The molecule has 7 heteroatoms. The van der Waals surface area contributed by atoms with Crippen LogP contribution in [-0.4, -0.2) is 37.0 Å². The molecule has 124 valence electrons. The van der Waals surface area contributed by atoms with Crippen molar-refractivity contribution in [1.29, 1.82) is 0 Å². The van der Waals surface area contributed by atoms with Crippen LogP contribution in [0.1, 0.15) is 18.4 Å². The van der Waals surface area contributed by atoms with Gasteiger partial charge in [0.1, 0.15) is 0 Å². The number of rotatable bonds is 2. The van der Waals surface area contributed by atoms with Crippen molar-refractivity contribution in [2.24, 2.45) is 5.73 Å². The van der Waals surface area contributed by atoms with Crippen molar-refractivity contribution >= 4 is 29.2 Å². The van der Waals surface area contributed by atoms with E-state index in [2.05, 4.69) is 4.90 Å². The number of anilines is 2. The van der Waals surface area contributed by atoms with E-state index in [0.29, 0.717) is 18.7 Å². The molecule has 1 atom stereocenters. The zero-order valence-corrected chi connectivity index (χ0v) is 13.0. The molecule has 0 aliphatic carbocycles. The molecule has 0 aromatic heterocycles. The maximum Gasteiger partial charge on any atom is 0.415 e. The maximum absolute atomic E-state index is 12.0. The minimum atomic E-state index is -0.906. The molecule has 2 amide bonds. The third-order valence-corrected chi connectivity index (χ3v) is 4.70. The van der Waals surface area contributed by atoms with Gasteiger partial charge in [-0.3, -0.25) is 14.5 Å². The number of nitrogens with two attached hydrogens (primary N) is 1. The van der Waals surface area contributed by atoms with Gasteiger partial charge in [0.15, 0.2) is 11.9 Å². The topological polar surface area (TPSA) is 92.9 Å². The lowest BCUT2D eigenvalue weighted by atomic mass is 9.95. The average molecular weight is 327 g/mol. The first-order chi connectivity index (χ1) is 11.5. The lowest BCUT2D eigenvalue weighted by Crippen LogP contribution is -2.34. The number of amides is 2. The second-order valence-electron chi connectivity index (χ2n) is 6.20. The first kappa shape index (κ1) is 14.7. The van der Waals surface area contributed by atoms with E-state index in [1.54, 1.807) is 6.08 Å². The summed E-state index contributed by atoms with van der Waals surface area (Å²) in [4.78, 5) is 38.4. The Morgan fingerprint density at radius 1 is 1.17 bits per heavy atom. The van der Waals surface area contributed by atoms with E-state index in [9.17, 15) is 14.4 Å². The van der Waals surface area contributed by atoms with Crippen molar-refractivity contribution in [3.63, 3.8) is 0 Å². The van der Waals surface area contributed by atoms with E-state index < -0.39 is 18.1 Å². The molecule has 0 bridgehead atoms. The third-order valence-electron chi connectivity index (χ3n) is 4.70. The number of hydrogen-bond donors (Lipinski definition) is 1. The standard InChI is InChI=1S/C17H17N3O4/c18-16(22)15-9-20(17(23)24-15)11-3-4-14-10(7-11)1-2-12-8-13(21)5-6-19(12)14/h3-4,7-8,15H,1-2,5-6,9H2,(H2,18,22)/t15-/m1/s1. The summed E-state index contributed by atoms with van der Waals surface area (Å²) in [5, 5.41) is 0. The third kappa shape index (κ3) is 2.33. The van der Waals surface area contributed by atoms with E-state index in [1.165, 1.54) is 4.90 Å². The summed E-state index contributed by atoms with van der Waals surface area (Å²) >= 11 is 0. The van der Waals surface area contributed by atoms with Gasteiger partial charge in [-0.1, -0.05) is 0 Å². The van der Waals surface area contributed by atoms with Crippen molar-refractivity contribution in [2.45, 2.75) is 25.4 Å². The largest absolute Gasteiger partial charge is 0.434 e. The SMILES string of the molecule is NC(=O)[C@H]1CN(c2ccc3c(c2)CCC2=CC(=O)CCN23)C(=O)O1. The van der Waals surface area contributed by atoms with Gasteiger partial charge in [-0.15, -0.1) is 0 Å². The van der Waals surface area contributed by atoms with Crippen LogP contribution in [0.3, 0.4) is 0 Å². The van der Waals surface area contributed by atoms with Gasteiger partial charge in [0.25, 0.3) is 5.91 Å². The van der Waals surface area contributed by atoms with Gasteiger partial charge >= 0.3 is 6.09 Å². The molecule has 7 nitrogen and oxygen atoms in total. The zero-order chi connectivity index (χ0) is 16.8. The average Bonchev–Trinajstić information content (AvgIpc) is 2.96. The normalized spacial score (nSPS) is 22.7. The van der Waals surface area contributed by atoms with Gasteiger partial charge in [-0.2, -0.15) is 0 Å². The number of cyclic esters (lactones) is 1. The van der Waals surface area contributed by atoms with Crippen LogP contribution in [-0.2, 0) is 20.7 Å². The van der Waals surface area contributed by atoms with Crippen LogP contribution in [0.25, 0.3) is 0 Å². The van der Waals surface area contributed by atoms with E-state index in [4.69, 9.17) is 10.5 Å². The van der Waals surface area contributed by atoms with Crippen molar-refractivity contribution in [3.8, 4) is 0 Å². The number of primary amides is 1. The van der Waals surface area contributed by atoms with E-state index >= 15 is 0 Å². The lowest BCUT2D eigenvalue weighted by Gasteiger charge is -2.36. The number of carbonyl (C=O) groups is 3. The molecule has 0 spiro atoms. The molecular formula is C17H17N3O4. The van der Waals surface area contributed by atoms with Gasteiger partial charge in [0.05, 0.1) is 6.54 Å². The van der Waals surface area contributed by atoms with E-state index in [1.807, 2.05) is 18.2 Å². The summed E-state index contributed by atoms with van der Waals surface area (Å²) in [6.45, 7) is 0.822. The summed E-state index contributed by atoms with van der Waals surface area (Å²) in [5.74, 6) is -0.463. The van der Waals surface area contributed by atoms with Crippen molar-refractivity contribution < 1.29 is 19.1 Å². The van der Waals surface area contributed by atoms with Crippen molar-refractivity contribution in [2.75, 3.05) is 22.9 Å². The first-order valence-electron chi connectivity index (χ1n) is 7.94. The van der Waals surface area contributed by atoms with Crippen LogP contribution in [0.2, 0.25) is 0 Å². The molecule has 0 radical (unpaired) electrons. The van der Waals surface area contributed by atoms with Crippen molar-refractivity contribution in [3.05, 3.63) is 35.5 Å². The van der Waals surface area contributed by atoms with Crippen molar-refractivity contribution in [1.82, 2.24) is 0 Å². The number of fused-ring (bicyclic) bond motifs is 3. The number of carbonyl (C=O) groups excluding carboxylic acids is 3. The number of aryl methyl sites for hydroxylation is 1. The van der Waals surface area contributed by atoms with Gasteiger partial charge in [-0.25, -0.2) is 4.79 Å². The van der Waals surface area contributed by atoms with Gasteiger partial charge in [0.2, 0.25) is 0 Å². The number of benzene rings is 1. The molecule has 1 fully saturated rings. The Bertz CT molecular complexity index is 786. The summed E-state index contributed by atoms with van der Waals surface area (Å²) in [6, 6.07) is 5.74. The minimum Gasteiger partial charge on any atom is -0.434 e. The van der Waals surface area contributed by atoms with E-state index in [-0.39, 0.29) is 12.3 Å². The summed E-state index contributed by atoms with van der Waals surface area (Å²) in [7, 11) is 0. The Labute approximate surface area is 138 Å². The Kier molecular flexibility index (Phi) is 3.30. The molecule has 0 unspecified atom stereocenters.